The van der Waals surface area contributed by atoms with Crippen molar-refractivity contribution in [2.45, 2.75) is 70.8 Å². The zero-order valence-electron chi connectivity index (χ0n) is 16.1. The lowest BCUT2D eigenvalue weighted by Crippen LogP contribution is -2.41. The number of nitrogens with zero attached hydrogens (tertiary/aromatic N) is 2. The standard InChI is InChI=1S/C19H26BFN2O3/c1-12-6-7-14(10-24-12)23-11-22-16-9-13(8-15(21)17(16)23)20-25-18(2,3)19(4,5)26-20/h8-9,11-12,14H,6-7,10H2,1-5H3/t12-,14+/m1/s1. The van der Waals surface area contributed by atoms with Crippen molar-refractivity contribution < 1.29 is 18.4 Å². The molecule has 0 N–H and O–H groups in total. The third kappa shape index (κ3) is 2.86. The molecule has 0 aliphatic carbocycles. The lowest BCUT2D eigenvalue weighted by molar-refractivity contribution is 0.000143. The van der Waals surface area contributed by atoms with Crippen molar-refractivity contribution in [3.63, 3.8) is 0 Å². The van der Waals surface area contributed by atoms with Gasteiger partial charge in [-0.25, -0.2) is 9.37 Å². The van der Waals surface area contributed by atoms with Crippen LogP contribution in [0.25, 0.3) is 11.0 Å². The van der Waals surface area contributed by atoms with E-state index < -0.39 is 18.3 Å². The molecule has 7 heteroatoms. The fraction of sp³-hybridized carbons (Fsp3) is 0.632. The highest BCUT2D eigenvalue weighted by Gasteiger charge is 2.51. The van der Waals surface area contributed by atoms with Crippen LogP contribution >= 0.6 is 0 Å². The van der Waals surface area contributed by atoms with Gasteiger partial charge in [-0.15, -0.1) is 0 Å². The summed E-state index contributed by atoms with van der Waals surface area (Å²) in [5.41, 5.74) is 0.881. The summed E-state index contributed by atoms with van der Waals surface area (Å²) in [5, 5.41) is 0. The van der Waals surface area contributed by atoms with Gasteiger partial charge in [0.2, 0.25) is 0 Å². The second-order valence-electron chi connectivity index (χ2n) is 8.49. The lowest BCUT2D eigenvalue weighted by atomic mass is 9.79. The van der Waals surface area contributed by atoms with Gasteiger partial charge in [0.1, 0.15) is 11.3 Å². The van der Waals surface area contributed by atoms with Crippen LogP contribution in [0.1, 0.15) is 53.5 Å². The Morgan fingerprint density at radius 3 is 2.46 bits per heavy atom. The first kappa shape index (κ1) is 18.0. The van der Waals surface area contributed by atoms with Gasteiger partial charge in [0.25, 0.3) is 0 Å². The highest BCUT2D eigenvalue weighted by Crippen LogP contribution is 2.37. The van der Waals surface area contributed by atoms with Crippen LogP contribution in [0.5, 0.6) is 0 Å². The Morgan fingerprint density at radius 1 is 1.15 bits per heavy atom. The third-order valence-electron chi connectivity index (χ3n) is 6.04. The van der Waals surface area contributed by atoms with Gasteiger partial charge in [0.15, 0.2) is 0 Å². The molecule has 0 saturated carbocycles. The number of ether oxygens (including phenoxy) is 1. The van der Waals surface area contributed by atoms with Gasteiger partial charge in [-0.05, 0) is 65.1 Å². The maximum Gasteiger partial charge on any atom is 0.495 e. The first-order valence-corrected chi connectivity index (χ1v) is 9.31. The zero-order valence-corrected chi connectivity index (χ0v) is 16.1. The number of aromatic nitrogens is 2. The smallest absolute Gasteiger partial charge is 0.399 e. The summed E-state index contributed by atoms with van der Waals surface area (Å²) in [6.45, 7) is 10.6. The molecule has 140 valence electrons. The molecule has 2 aliphatic heterocycles. The largest absolute Gasteiger partial charge is 0.495 e. The fourth-order valence-corrected chi connectivity index (χ4v) is 3.62. The topological polar surface area (TPSA) is 45.5 Å². The van der Waals surface area contributed by atoms with Gasteiger partial charge < -0.3 is 18.6 Å². The molecule has 2 atom stereocenters. The molecule has 1 aromatic carbocycles. The van der Waals surface area contributed by atoms with E-state index in [2.05, 4.69) is 11.9 Å². The van der Waals surface area contributed by atoms with Crippen LogP contribution in [0, 0.1) is 5.82 Å². The molecule has 4 rings (SSSR count). The Labute approximate surface area is 154 Å². The van der Waals surface area contributed by atoms with Crippen LogP contribution < -0.4 is 5.46 Å². The number of halogens is 1. The number of benzene rings is 1. The minimum absolute atomic E-state index is 0.119. The van der Waals surface area contributed by atoms with Crippen LogP contribution in [0.4, 0.5) is 4.39 Å². The maximum atomic E-state index is 15.0. The molecule has 2 aromatic rings. The van der Waals surface area contributed by atoms with E-state index in [1.807, 2.05) is 38.3 Å². The summed E-state index contributed by atoms with van der Waals surface area (Å²) in [6.07, 6.45) is 3.91. The fourth-order valence-electron chi connectivity index (χ4n) is 3.62. The van der Waals surface area contributed by atoms with Gasteiger partial charge >= 0.3 is 7.12 Å². The molecule has 2 aliphatic rings. The quantitative estimate of drug-likeness (QED) is 0.772. The zero-order chi connectivity index (χ0) is 18.7. The number of hydrogen-bond donors (Lipinski definition) is 0. The number of fused-ring (bicyclic) bond motifs is 1. The van der Waals surface area contributed by atoms with Crippen LogP contribution in [-0.4, -0.2) is 40.6 Å². The highest BCUT2D eigenvalue weighted by atomic mass is 19.1. The summed E-state index contributed by atoms with van der Waals surface area (Å²) >= 11 is 0. The summed E-state index contributed by atoms with van der Waals surface area (Å²) in [6, 6.07) is 3.49. The number of imidazole rings is 1. The van der Waals surface area contributed by atoms with Crippen molar-refractivity contribution in [3.8, 4) is 0 Å². The molecular weight excluding hydrogens is 334 g/mol. The van der Waals surface area contributed by atoms with Crippen LogP contribution in [0.2, 0.25) is 0 Å². The normalized spacial score (nSPS) is 28.0. The molecule has 0 radical (unpaired) electrons. The molecule has 0 bridgehead atoms. The Kier molecular flexibility index (Phi) is 4.17. The Hall–Kier alpha value is -1.44. The molecular formula is C19H26BFN2O3. The van der Waals surface area contributed by atoms with E-state index >= 15 is 0 Å². The first-order chi connectivity index (χ1) is 12.2. The molecule has 2 saturated heterocycles. The lowest BCUT2D eigenvalue weighted by Gasteiger charge is -2.32. The highest BCUT2D eigenvalue weighted by molar-refractivity contribution is 6.62. The summed E-state index contributed by atoms with van der Waals surface area (Å²) in [7, 11) is -0.595. The van der Waals surface area contributed by atoms with Gasteiger partial charge in [0.05, 0.1) is 41.8 Å². The van der Waals surface area contributed by atoms with E-state index in [1.165, 1.54) is 6.07 Å². The predicted molar refractivity (Wildman–Crippen MR) is 99.1 cm³/mol. The van der Waals surface area contributed by atoms with E-state index in [0.717, 1.165) is 12.8 Å². The average Bonchev–Trinajstić information content (AvgIpc) is 3.07. The Balaban J connectivity index is 1.67. The molecule has 3 heterocycles. The van der Waals surface area contributed by atoms with Crippen molar-refractivity contribution in [1.82, 2.24) is 9.55 Å². The van der Waals surface area contributed by atoms with E-state index in [1.54, 1.807) is 6.33 Å². The maximum absolute atomic E-state index is 15.0. The van der Waals surface area contributed by atoms with Gasteiger partial charge in [-0.3, -0.25) is 0 Å². The molecule has 5 nitrogen and oxygen atoms in total. The third-order valence-corrected chi connectivity index (χ3v) is 6.04. The molecule has 26 heavy (non-hydrogen) atoms. The number of hydrogen-bond acceptors (Lipinski definition) is 4. The summed E-state index contributed by atoms with van der Waals surface area (Å²) in [5.74, 6) is -0.302. The van der Waals surface area contributed by atoms with Crippen LogP contribution in [0.3, 0.4) is 0 Å². The Bertz CT molecular complexity index is 812. The predicted octanol–water partition coefficient (Wildman–Crippen LogP) is 3.21. The van der Waals surface area contributed by atoms with Crippen molar-refractivity contribution >= 4 is 23.6 Å². The minimum Gasteiger partial charge on any atom is -0.399 e. The number of rotatable bonds is 2. The average molecular weight is 360 g/mol. The summed E-state index contributed by atoms with van der Waals surface area (Å²) in [4.78, 5) is 4.43. The van der Waals surface area contributed by atoms with Crippen molar-refractivity contribution in [2.75, 3.05) is 6.61 Å². The Morgan fingerprint density at radius 2 is 1.85 bits per heavy atom. The second kappa shape index (κ2) is 6.04. The van der Waals surface area contributed by atoms with E-state index in [0.29, 0.717) is 23.1 Å². The minimum atomic E-state index is -0.595. The van der Waals surface area contributed by atoms with Crippen LogP contribution in [0.15, 0.2) is 18.5 Å². The monoisotopic (exact) mass is 360 g/mol. The van der Waals surface area contributed by atoms with Gasteiger partial charge in [-0.2, -0.15) is 0 Å². The summed E-state index contributed by atoms with van der Waals surface area (Å²) < 4.78 is 34.7. The van der Waals surface area contributed by atoms with E-state index in [-0.39, 0.29) is 18.0 Å². The molecule has 1 aromatic heterocycles. The molecule has 2 fully saturated rings. The molecule has 0 amide bonds. The van der Waals surface area contributed by atoms with Crippen molar-refractivity contribution in [3.05, 3.63) is 24.3 Å². The second-order valence-corrected chi connectivity index (χ2v) is 8.49. The van der Waals surface area contributed by atoms with Gasteiger partial charge in [-0.1, -0.05) is 0 Å². The molecule has 0 spiro atoms. The molecule has 0 unspecified atom stereocenters. The van der Waals surface area contributed by atoms with E-state index in [9.17, 15) is 4.39 Å². The van der Waals surface area contributed by atoms with Crippen molar-refractivity contribution in [1.29, 1.82) is 0 Å². The van der Waals surface area contributed by atoms with Crippen molar-refractivity contribution in [2.24, 2.45) is 0 Å². The van der Waals surface area contributed by atoms with E-state index in [4.69, 9.17) is 14.0 Å². The van der Waals surface area contributed by atoms with Crippen LogP contribution in [-0.2, 0) is 14.0 Å². The van der Waals surface area contributed by atoms with Gasteiger partial charge in [0, 0.05) is 0 Å². The SMILES string of the molecule is C[C@@H]1CC[C@H](n2cnc3cc(B4OC(C)(C)C(C)(C)O4)cc(F)c32)CO1. The first-order valence-electron chi connectivity index (χ1n) is 9.31.